The van der Waals surface area contributed by atoms with Crippen molar-refractivity contribution >= 4 is 11.8 Å². The number of aliphatic hydroxyl groups is 1. The van der Waals surface area contributed by atoms with E-state index < -0.39 is 0 Å². The third-order valence-electron chi connectivity index (χ3n) is 4.46. The normalized spacial score (nSPS) is 14.6. The Morgan fingerprint density at radius 3 is 2.42 bits per heavy atom. The van der Waals surface area contributed by atoms with E-state index in [4.69, 9.17) is 4.98 Å². The molecule has 0 spiro atoms. The van der Waals surface area contributed by atoms with Crippen molar-refractivity contribution < 1.29 is 5.11 Å². The van der Waals surface area contributed by atoms with Crippen LogP contribution < -0.4 is 0 Å². The molecule has 3 nitrogen and oxygen atoms in total. The van der Waals surface area contributed by atoms with E-state index in [0.717, 1.165) is 18.3 Å². The third kappa shape index (κ3) is 4.04. The molecule has 2 aromatic rings. The number of aliphatic hydroxyl groups excluding tert-OH is 1. The molecule has 0 amide bonds. The van der Waals surface area contributed by atoms with Crippen molar-refractivity contribution in [2.75, 3.05) is 6.61 Å². The molecule has 0 unspecified atom stereocenters. The van der Waals surface area contributed by atoms with Crippen LogP contribution in [0.25, 0.3) is 0 Å². The van der Waals surface area contributed by atoms with E-state index in [1.807, 2.05) is 11.8 Å². The van der Waals surface area contributed by atoms with Crippen molar-refractivity contribution in [1.82, 2.24) is 9.55 Å². The fourth-order valence-corrected chi connectivity index (χ4v) is 4.52. The van der Waals surface area contributed by atoms with Crippen molar-refractivity contribution in [3.05, 3.63) is 40.8 Å². The van der Waals surface area contributed by atoms with Crippen LogP contribution in [0, 0.1) is 19.8 Å². The van der Waals surface area contributed by atoms with Crippen molar-refractivity contribution in [2.45, 2.75) is 69.3 Å². The monoisotopic (exact) mass is 344 g/mol. The highest BCUT2D eigenvalue weighted by Crippen LogP contribution is 2.39. The Kier molecular flexibility index (Phi) is 5.36. The zero-order chi connectivity index (χ0) is 17.3. The van der Waals surface area contributed by atoms with Crippen LogP contribution >= 0.6 is 11.8 Å². The second-order valence-corrected chi connectivity index (χ2v) is 8.39. The maximum absolute atomic E-state index is 9.44. The lowest BCUT2D eigenvalue weighted by Crippen LogP contribution is -2.08. The quantitative estimate of drug-likeness (QED) is 0.790. The smallest absolute Gasteiger partial charge is 0.112 e. The predicted octanol–water partition coefficient (Wildman–Crippen LogP) is 4.72. The molecule has 4 heteroatoms. The summed E-state index contributed by atoms with van der Waals surface area (Å²) in [5.74, 6) is 2.21. The van der Waals surface area contributed by atoms with Crippen molar-refractivity contribution in [2.24, 2.45) is 5.92 Å². The first-order valence-corrected chi connectivity index (χ1v) is 9.76. The van der Waals surface area contributed by atoms with Gasteiger partial charge in [-0.25, -0.2) is 4.98 Å². The highest BCUT2D eigenvalue weighted by atomic mass is 32.2. The number of nitrogens with zero attached hydrogens (tertiary/aromatic N) is 2. The van der Waals surface area contributed by atoms with Gasteiger partial charge in [0.2, 0.25) is 0 Å². The molecule has 3 rings (SSSR count). The number of imidazole rings is 1. The van der Waals surface area contributed by atoms with Crippen LogP contribution in [0.2, 0.25) is 0 Å². The number of rotatable bonds is 7. The van der Waals surface area contributed by atoms with Gasteiger partial charge in [-0.05, 0) is 61.8 Å². The number of benzene rings is 1. The summed E-state index contributed by atoms with van der Waals surface area (Å²) in [6.07, 6.45) is 3.28. The molecule has 0 saturated heterocycles. The summed E-state index contributed by atoms with van der Waals surface area (Å²) in [6.45, 7) is 9.92. The Labute approximate surface area is 149 Å². The Morgan fingerprint density at radius 1 is 1.21 bits per heavy atom. The van der Waals surface area contributed by atoms with Gasteiger partial charge in [0.05, 0.1) is 12.3 Å². The Balaban J connectivity index is 2.01. The molecule has 1 fully saturated rings. The summed E-state index contributed by atoms with van der Waals surface area (Å²) in [5.41, 5.74) is 3.77. The third-order valence-corrected chi connectivity index (χ3v) is 5.55. The molecule has 1 aromatic carbocycles. The molecule has 1 N–H and O–H groups in total. The fraction of sp³-hybridized carbons (Fsp3) is 0.550. The van der Waals surface area contributed by atoms with Crippen LogP contribution in [-0.2, 0) is 13.0 Å². The highest BCUT2D eigenvalue weighted by Gasteiger charge is 2.27. The molecular formula is C20H28N2OS. The minimum absolute atomic E-state index is 0.160. The summed E-state index contributed by atoms with van der Waals surface area (Å²) >= 11 is 1.83. The SMILES string of the molecule is Cc1cc(C)cc(Sc2c(C(C)C)nc(CCO)n2CC2CC2)c1. The van der Waals surface area contributed by atoms with E-state index in [2.05, 4.69) is 50.5 Å². The maximum Gasteiger partial charge on any atom is 0.112 e. The minimum atomic E-state index is 0.160. The average molecular weight is 345 g/mol. The molecule has 130 valence electrons. The van der Waals surface area contributed by atoms with Gasteiger partial charge < -0.3 is 9.67 Å². The van der Waals surface area contributed by atoms with Gasteiger partial charge in [0, 0.05) is 17.9 Å². The fourth-order valence-electron chi connectivity index (χ4n) is 3.13. The van der Waals surface area contributed by atoms with Crippen LogP contribution in [-0.4, -0.2) is 21.3 Å². The van der Waals surface area contributed by atoms with Crippen molar-refractivity contribution in [1.29, 1.82) is 0 Å². The van der Waals surface area contributed by atoms with E-state index >= 15 is 0 Å². The lowest BCUT2D eigenvalue weighted by Gasteiger charge is -2.13. The van der Waals surface area contributed by atoms with Crippen molar-refractivity contribution in [3.63, 3.8) is 0 Å². The van der Waals surface area contributed by atoms with Crippen LogP contribution in [0.3, 0.4) is 0 Å². The summed E-state index contributed by atoms with van der Waals surface area (Å²) in [4.78, 5) is 6.18. The first kappa shape index (κ1) is 17.6. The van der Waals surface area contributed by atoms with Gasteiger partial charge in [-0.3, -0.25) is 0 Å². The molecular weight excluding hydrogens is 316 g/mol. The lowest BCUT2D eigenvalue weighted by atomic mass is 10.1. The van der Waals surface area contributed by atoms with E-state index in [1.54, 1.807) is 0 Å². The Bertz CT molecular complexity index is 696. The Morgan fingerprint density at radius 2 is 1.88 bits per heavy atom. The number of aromatic nitrogens is 2. The van der Waals surface area contributed by atoms with Crippen LogP contribution in [0.4, 0.5) is 0 Å². The molecule has 0 bridgehead atoms. The molecule has 1 heterocycles. The number of hydrogen-bond acceptors (Lipinski definition) is 3. The maximum atomic E-state index is 9.44. The highest BCUT2D eigenvalue weighted by molar-refractivity contribution is 7.99. The molecule has 0 atom stereocenters. The minimum Gasteiger partial charge on any atom is -0.396 e. The average Bonchev–Trinajstić information content (AvgIpc) is 3.24. The van der Waals surface area contributed by atoms with Crippen molar-refractivity contribution in [3.8, 4) is 0 Å². The molecule has 1 aliphatic carbocycles. The second-order valence-electron chi connectivity index (χ2n) is 7.33. The number of hydrogen-bond donors (Lipinski definition) is 1. The van der Waals surface area contributed by atoms with Gasteiger partial charge in [-0.1, -0.05) is 31.7 Å². The first-order valence-electron chi connectivity index (χ1n) is 8.94. The topological polar surface area (TPSA) is 38.1 Å². The van der Waals surface area contributed by atoms with E-state index in [0.29, 0.717) is 12.3 Å². The van der Waals surface area contributed by atoms with Crippen LogP contribution in [0.1, 0.15) is 55.3 Å². The van der Waals surface area contributed by atoms with Crippen LogP contribution in [0.15, 0.2) is 28.1 Å². The van der Waals surface area contributed by atoms with E-state index in [-0.39, 0.29) is 6.61 Å². The summed E-state index contributed by atoms with van der Waals surface area (Å²) in [5, 5.41) is 10.7. The largest absolute Gasteiger partial charge is 0.396 e. The molecule has 0 aliphatic heterocycles. The Hall–Kier alpha value is -1.26. The molecule has 1 aliphatic rings. The summed E-state index contributed by atoms with van der Waals surface area (Å²) < 4.78 is 2.38. The predicted molar refractivity (Wildman–Crippen MR) is 99.9 cm³/mol. The molecule has 24 heavy (non-hydrogen) atoms. The van der Waals surface area contributed by atoms with Gasteiger partial charge >= 0.3 is 0 Å². The zero-order valence-electron chi connectivity index (χ0n) is 15.2. The standard InChI is InChI=1S/C20H28N2OS/c1-13(2)19-20(24-17-10-14(3)9-15(4)11-17)22(12-16-5-6-16)18(21-19)7-8-23/h9-11,13,16,23H,5-8,12H2,1-4H3. The van der Waals surface area contributed by atoms with Crippen LogP contribution in [0.5, 0.6) is 0 Å². The van der Waals surface area contributed by atoms with Gasteiger partial charge in [-0.15, -0.1) is 0 Å². The summed E-state index contributed by atoms with van der Waals surface area (Å²) in [7, 11) is 0. The van der Waals surface area contributed by atoms with Gasteiger partial charge in [0.25, 0.3) is 0 Å². The van der Waals surface area contributed by atoms with E-state index in [1.165, 1.54) is 39.6 Å². The zero-order valence-corrected chi connectivity index (χ0v) is 16.0. The first-order chi connectivity index (χ1) is 11.5. The van der Waals surface area contributed by atoms with Gasteiger partial charge in [0.1, 0.15) is 10.9 Å². The molecule has 0 radical (unpaired) electrons. The summed E-state index contributed by atoms with van der Waals surface area (Å²) in [6, 6.07) is 6.72. The van der Waals surface area contributed by atoms with Gasteiger partial charge in [0.15, 0.2) is 0 Å². The van der Waals surface area contributed by atoms with E-state index in [9.17, 15) is 5.11 Å². The lowest BCUT2D eigenvalue weighted by molar-refractivity contribution is 0.293. The number of aryl methyl sites for hydroxylation is 2. The molecule has 1 aromatic heterocycles. The molecule has 1 saturated carbocycles. The van der Waals surface area contributed by atoms with Gasteiger partial charge in [-0.2, -0.15) is 0 Å². The second kappa shape index (κ2) is 7.32.